The molecule has 17 heavy (non-hydrogen) atoms. The summed E-state index contributed by atoms with van der Waals surface area (Å²) in [5.74, 6) is 0.395. The van der Waals surface area contributed by atoms with Gasteiger partial charge < -0.3 is 15.1 Å². The first kappa shape index (κ1) is 11.0. The van der Waals surface area contributed by atoms with Crippen LogP contribution in [0.1, 0.15) is 19.3 Å². The van der Waals surface area contributed by atoms with Crippen LogP contribution in [0.4, 0.5) is 0 Å². The molecule has 3 fully saturated rings. The van der Waals surface area contributed by atoms with Crippen LogP contribution in [0.25, 0.3) is 0 Å². The number of hydrogen-bond donors (Lipinski definition) is 1. The van der Waals surface area contributed by atoms with Gasteiger partial charge in [0.1, 0.15) is 0 Å². The highest BCUT2D eigenvalue weighted by Crippen LogP contribution is 2.28. The molecular weight excluding hydrogens is 218 g/mol. The summed E-state index contributed by atoms with van der Waals surface area (Å²) in [7, 11) is 0. The first-order valence-electron chi connectivity index (χ1n) is 6.54. The third kappa shape index (κ3) is 2.16. The first-order chi connectivity index (χ1) is 8.25. The van der Waals surface area contributed by atoms with Crippen molar-refractivity contribution >= 4 is 11.8 Å². The third-order valence-corrected chi connectivity index (χ3v) is 3.97. The van der Waals surface area contributed by atoms with E-state index in [1.165, 1.54) is 0 Å². The molecule has 3 rings (SSSR count). The zero-order valence-electron chi connectivity index (χ0n) is 10.0. The van der Waals surface area contributed by atoms with Crippen molar-refractivity contribution in [3.05, 3.63) is 0 Å². The van der Waals surface area contributed by atoms with E-state index >= 15 is 0 Å². The molecule has 2 amide bonds. The molecule has 1 N–H and O–H groups in total. The number of carbonyl (C=O) groups is 2. The van der Waals surface area contributed by atoms with Crippen LogP contribution in [0.2, 0.25) is 0 Å². The fraction of sp³-hybridized carbons (Fsp3) is 0.833. The molecular formula is C12H19N3O2. The molecule has 5 nitrogen and oxygen atoms in total. The van der Waals surface area contributed by atoms with Gasteiger partial charge in [0.05, 0.1) is 12.5 Å². The Balaban J connectivity index is 1.58. The Labute approximate surface area is 101 Å². The Kier molecular flexibility index (Phi) is 2.78. The average Bonchev–Trinajstić information content (AvgIpc) is 3.02. The van der Waals surface area contributed by atoms with Crippen molar-refractivity contribution < 1.29 is 9.59 Å². The van der Waals surface area contributed by atoms with Crippen molar-refractivity contribution in [1.29, 1.82) is 0 Å². The summed E-state index contributed by atoms with van der Waals surface area (Å²) in [6, 6.07) is 0.480. The number of amides is 2. The third-order valence-electron chi connectivity index (χ3n) is 3.97. The molecule has 0 aromatic carbocycles. The fourth-order valence-corrected chi connectivity index (χ4v) is 2.77. The van der Waals surface area contributed by atoms with Crippen molar-refractivity contribution in [2.45, 2.75) is 25.3 Å². The Hall–Kier alpha value is -1.10. The number of rotatable bonds is 2. The summed E-state index contributed by atoms with van der Waals surface area (Å²) in [6.07, 6.45) is 3.20. The maximum atomic E-state index is 12.2. The lowest BCUT2D eigenvalue weighted by Crippen LogP contribution is -2.54. The highest BCUT2D eigenvalue weighted by atomic mass is 16.2. The van der Waals surface area contributed by atoms with E-state index in [1.54, 1.807) is 4.90 Å². The number of piperazine rings is 1. The van der Waals surface area contributed by atoms with Crippen molar-refractivity contribution in [2.24, 2.45) is 5.92 Å². The van der Waals surface area contributed by atoms with E-state index in [0.717, 1.165) is 45.4 Å². The molecule has 0 spiro atoms. The summed E-state index contributed by atoms with van der Waals surface area (Å²) >= 11 is 0. The van der Waals surface area contributed by atoms with Gasteiger partial charge in [-0.05, 0) is 25.8 Å². The zero-order valence-corrected chi connectivity index (χ0v) is 10.0. The largest absolute Gasteiger partial charge is 0.336 e. The molecule has 0 bridgehead atoms. The summed E-state index contributed by atoms with van der Waals surface area (Å²) < 4.78 is 0. The minimum Gasteiger partial charge on any atom is -0.336 e. The highest BCUT2D eigenvalue weighted by Gasteiger charge is 2.38. The van der Waals surface area contributed by atoms with E-state index in [9.17, 15) is 9.59 Å². The quantitative estimate of drug-likeness (QED) is 0.700. The van der Waals surface area contributed by atoms with Crippen molar-refractivity contribution in [1.82, 2.24) is 15.1 Å². The molecule has 1 aliphatic carbocycles. The molecule has 2 saturated heterocycles. The second-order valence-electron chi connectivity index (χ2n) is 5.27. The van der Waals surface area contributed by atoms with E-state index < -0.39 is 0 Å². The molecule has 2 aliphatic heterocycles. The topological polar surface area (TPSA) is 52.7 Å². The van der Waals surface area contributed by atoms with Crippen LogP contribution in [0.5, 0.6) is 0 Å². The van der Waals surface area contributed by atoms with Crippen LogP contribution in [0.15, 0.2) is 0 Å². The van der Waals surface area contributed by atoms with Crippen LogP contribution in [0.3, 0.4) is 0 Å². The van der Waals surface area contributed by atoms with E-state index in [4.69, 9.17) is 0 Å². The van der Waals surface area contributed by atoms with E-state index in [1.807, 2.05) is 4.90 Å². The number of carbonyl (C=O) groups excluding carboxylic acids is 2. The SMILES string of the molecule is O=C(C1CCNC1)N1CCN(C2CC2)C(=O)C1. The van der Waals surface area contributed by atoms with Crippen LogP contribution >= 0.6 is 0 Å². The van der Waals surface area contributed by atoms with Gasteiger partial charge in [-0.1, -0.05) is 0 Å². The molecule has 1 unspecified atom stereocenters. The Morgan fingerprint density at radius 2 is 2.06 bits per heavy atom. The molecule has 1 saturated carbocycles. The first-order valence-corrected chi connectivity index (χ1v) is 6.54. The van der Waals surface area contributed by atoms with Crippen molar-refractivity contribution in [2.75, 3.05) is 32.7 Å². The molecule has 94 valence electrons. The van der Waals surface area contributed by atoms with Crippen molar-refractivity contribution in [3.63, 3.8) is 0 Å². The smallest absolute Gasteiger partial charge is 0.242 e. The Morgan fingerprint density at radius 1 is 1.24 bits per heavy atom. The van der Waals surface area contributed by atoms with E-state index in [-0.39, 0.29) is 17.7 Å². The average molecular weight is 237 g/mol. The van der Waals surface area contributed by atoms with Crippen molar-refractivity contribution in [3.8, 4) is 0 Å². The van der Waals surface area contributed by atoms with Crippen LogP contribution in [0, 0.1) is 5.92 Å². The molecule has 5 heteroatoms. The summed E-state index contributed by atoms with van der Waals surface area (Å²) in [5, 5.41) is 3.20. The van der Waals surface area contributed by atoms with Gasteiger partial charge in [-0.2, -0.15) is 0 Å². The maximum absolute atomic E-state index is 12.2. The van der Waals surface area contributed by atoms with Gasteiger partial charge in [0.2, 0.25) is 11.8 Å². The number of hydrogen-bond acceptors (Lipinski definition) is 3. The Morgan fingerprint density at radius 3 is 2.65 bits per heavy atom. The standard InChI is InChI=1S/C12H19N3O2/c16-11-8-14(5-6-15(11)10-1-2-10)12(17)9-3-4-13-7-9/h9-10,13H,1-8H2. The van der Waals surface area contributed by atoms with E-state index in [2.05, 4.69) is 5.32 Å². The number of nitrogens with one attached hydrogen (secondary N) is 1. The van der Waals surface area contributed by atoms with E-state index in [0.29, 0.717) is 12.6 Å². The van der Waals surface area contributed by atoms with Crippen LogP contribution in [-0.2, 0) is 9.59 Å². The number of nitrogens with zero attached hydrogens (tertiary/aromatic N) is 2. The molecule has 0 aromatic heterocycles. The van der Waals surface area contributed by atoms with Gasteiger partial charge in [0.25, 0.3) is 0 Å². The Bertz CT molecular complexity index is 335. The minimum absolute atomic E-state index is 0.0928. The van der Waals surface area contributed by atoms with Gasteiger partial charge in [-0.15, -0.1) is 0 Å². The zero-order chi connectivity index (χ0) is 11.8. The highest BCUT2D eigenvalue weighted by molar-refractivity contribution is 5.87. The van der Waals surface area contributed by atoms with Gasteiger partial charge in [-0.25, -0.2) is 0 Å². The fourth-order valence-electron chi connectivity index (χ4n) is 2.77. The van der Waals surface area contributed by atoms with Crippen LogP contribution < -0.4 is 5.32 Å². The van der Waals surface area contributed by atoms with Crippen LogP contribution in [-0.4, -0.2) is 60.4 Å². The van der Waals surface area contributed by atoms with Gasteiger partial charge in [0.15, 0.2) is 0 Å². The second kappa shape index (κ2) is 4.29. The predicted molar refractivity (Wildman–Crippen MR) is 62.3 cm³/mol. The van der Waals surface area contributed by atoms with Gasteiger partial charge >= 0.3 is 0 Å². The lowest BCUT2D eigenvalue weighted by atomic mass is 10.1. The molecule has 3 aliphatic rings. The molecule has 0 aromatic rings. The van der Waals surface area contributed by atoms with Gasteiger partial charge in [-0.3, -0.25) is 9.59 Å². The molecule has 1 atom stereocenters. The maximum Gasteiger partial charge on any atom is 0.242 e. The summed E-state index contributed by atoms with van der Waals surface area (Å²) in [4.78, 5) is 27.8. The van der Waals surface area contributed by atoms with Gasteiger partial charge in [0, 0.05) is 25.7 Å². The summed E-state index contributed by atoms with van der Waals surface area (Å²) in [6.45, 7) is 3.45. The molecule has 0 radical (unpaired) electrons. The second-order valence-corrected chi connectivity index (χ2v) is 5.27. The predicted octanol–water partition coefficient (Wildman–Crippen LogP) is -0.571. The summed E-state index contributed by atoms with van der Waals surface area (Å²) in [5.41, 5.74) is 0. The molecule has 2 heterocycles. The minimum atomic E-state index is 0.0928. The lowest BCUT2D eigenvalue weighted by molar-refractivity contribution is -0.147. The monoisotopic (exact) mass is 237 g/mol. The normalized spacial score (nSPS) is 29.9. The lowest BCUT2D eigenvalue weighted by Gasteiger charge is -2.35.